The quantitative estimate of drug-likeness (QED) is 0.843. The van der Waals surface area contributed by atoms with Gasteiger partial charge in [-0.15, -0.1) is 0 Å². The Bertz CT molecular complexity index is 835. The van der Waals surface area contributed by atoms with Crippen LogP contribution < -0.4 is 4.72 Å². The summed E-state index contributed by atoms with van der Waals surface area (Å²) in [4.78, 5) is 23.6. The van der Waals surface area contributed by atoms with Crippen LogP contribution in [0, 0.1) is 16.7 Å². The average molecular weight is 354 g/mol. The van der Waals surface area contributed by atoms with Crippen molar-refractivity contribution in [3.63, 3.8) is 0 Å². The van der Waals surface area contributed by atoms with Crippen molar-refractivity contribution >= 4 is 33.3 Å². The maximum absolute atomic E-state index is 12.5. The molecule has 0 bridgehead atoms. The highest BCUT2D eigenvalue weighted by Gasteiger charge is 2.88. The molecule has 23 heavy (non-hydrogen) atoms. The SMILES string of the molecule is CC(=O)c1ccc(Cl)c(S(=O)(=O)NC(=O)C2C3(CC3)C23CC3)c1. The summed E-state index contributed by atoms with van der Waals surface area (Å²) < 4.78 is 27.2. The largest absolute Gasteiger partial charge is 0.295 e. The molecule has 3 aliphatic carbocycles. The number of rotatable bonds is 4. The summed E-state index contributed by atoms with van der Waals surface area (Å²) in [5, 5.41) is -0.00614. The molecular formula is C16H16ClNO4S. The number of Topliss-reactive ketones (excluding diaryl/α,β-unsaturated/α-hetero) is 1. The number of amides is 1. The van der Waals surface area contributed by atoms with Crippen LogP contribution in [0.1, 0.15) is 43.0 Å². The van der Waals surface area contributed by atoms with Gasteiger partial charge in [-0.05, 0) is 61.6 Å². The number of fused-ring (bicyclic) bond motifs is 1. The minimum Gasteiger partial charge on any atom is -0.295 e. The van der Waals surface area contributed by atoms with Crippen molar-refractivity contribution in [2.45, 2.75) is 37.5 Å². The first-order valence-electron chi connectivity index (χ1n) is 7.61. The predicted molar refractivity (Wildman–Crippen MR) is 83.6 cm³/mol. The van der Waals surface area contributed by atoms with Crippen LogP contribution in [0.25, 0.3) is 0 Å². The molecule has 4 rings (SSSR count). The molecule has 1 aromatic rings. The van der Waals surface area contributed by atoms with Crippen LogP contribution in [0.2, 0.25) is 5.02 Å². The van der Waals surface area contributed by atoms with Gasteiger partial charge in [0.15, 0.2) is 5.78 Å². The maximum atomic E-state index is 12.5. The lowest BCUT2D eigenvalue weighted by molar-refractivity contribution is -0.121. The fourth-order valence-corrected chi connectivity index (χ4v) is 5.78. The Morgan fingerprint density at radius 2 is 1.74 bits per heavy atom. The minimum atomic E-state index is -4.08. The lowest BCUT2D eigenvalue weighted by Gasteiger charge is -2.09. The fraction of sp³-hybridized carbons (Fsp3) is 0.500. The molecule has 0 atom stereocenters. The van der Waals surface area contributed by atoms with Gasteiger partial charge in [0, 0.05) is 5.56 Å². The van der Waals surface area contributed by atoms with E-state index in [0.29, 0.717) is 0 Å². The lowest BCUT2D eigenvalue weighted by atomic mass is 10.1. The molecule has 0 saturated heterocycles. The van der Waals surface area contributed by atoms with Crippen molar-refractivity contribution in [2.24, 2.45) is 16.7 Å². The van der Waals surface area contributed by atoms with E-state index in [1.807, 2.05) is 0 Å². The lowest BCUT2D eigenvalue weighted by Crippen LogP contribution is -2.33. The molecule has 0 radical (unpaired) electrons. The highest BCUT2D eigenvalue weighted by atomic mass is 35.5. The number of halogens is 1. The summed E-state index contributed by atoms with van der Waals surface area (Å²) in [6.07, 6.45) is 4.08. The van der Waals surface area contributed by atoms with Crippen LogP contribution in [0.5, 0.6) is 0 Å². The molecule has 3 fully saturated rings. The molecule has 2 spiro atoms. The molecule has 0 aliphatic heterocycles. The van der Waals surface area contributed by atoms with Gasteiger partial charge in [-0.25, -0.2) is 13.1 Å². The third kappa shape index (κ3) is 2.01. The molecule has 1 aromatic carbocycles. The van der Waals surface area contributed by atoms with E-state index in [1.54, 1.807) is 0 Å². The summed E-state index contributed by atoms with van der Waals surface area (Å²) in [5.74, 6) is -0.871. The molecule has 1 N–H and O–H groups in total. The molecule has 7 heteroatoms. The van der Waals surface area contributed by atoms with Gasteiger partial charge in [0.1, 0.15) is 4.90 Å². The van der Waals surface area contributed by atoms with E-state index in [-0.39, 0.29) is 38.0 Å². The molecule has 0 heterocycles. The van der Waals surface area contributed by atoms with Crippen molar-refractivity contribution in [1.82, 2.24) is 4.72 Å². The number of carbonyl (C=O) groups is 2. The van der Waals surface area contributed by atoms with Gasteiger partial charge in [0.05, 0.1) is 10.9 Å². The third-order valence-corrected chi connectivity index (χ3v) is 7.54. The topological polar surface area (TPSA) is 80.3 Å². The van der Waals surface area contributed by atoms with Crippen molar-refractivity contribution in [1.29, 1.82) is 0 Å². The van der Waals surface area contributed by atoms with E-state index in [4.69, 9.17) is 11.6 Å². The van der Waals surface area contributed by atoms with E-state index >= 15 is 0 Å². The van der Waals surface area contributed by atoms with Crippen molar-refractivity contribution in [3.8, 4) is 0 Å². The second-order valence-corrected chi connectivity index (χ2v) is 8.97. The van der Waals surface area contributed by atoms with Gasteiger partial charge in [0.25, 0.3) is 10.0 Å². The van der Waals surface area contributed by atoms with Gasteiger partial charge in [-0.2, -0.15) is 0 Å². The molecule has 1 amide bonds. The number of sulfonamides is 1. The Balaban J connectivity index is 1.60. The Morgan fingerprint density at radius 1 is 1.17 bits per heavy atom. The number of hydrogen-bond donors (Lipinski definition) is 1. The Morgan fingerprint density at radius 3 is 2.22 bits per heavy atom. The van der Waals surface area contributed by atoms with Gasteiger partial charge in [0.2, 0.25) is 5.91 Å². The number of benzene rings is 1. The summed E-state index contributed by atoms with van der Waals surface area (Å²) in [7, 11) is -4.08. The average Bonchev–Trinajstić information content (AvgIpc) is 3.35. The maximum Gasteiger partial charge on any atom is 0.265 e. The number of hydrogen-bond acceptors (Lipinski definition) is 4. The second-order valence-electron chi connectivity index (χ2n) is 6.92. The van der Waals surface area contributed by atoms with Gasteiger partial charge >= 0.3 is 0 Å². The van der Waals surface area contributed by atoms with E-state index < -0.39 is 15.9 Å². The number of carbonyl (C=O) groups excluding carboxylic acids is 2. The Kier molecular flexibility index (Phi) is 2.87. The molecule has 0 unspecified atom stereocenters. The number of ketones is 1. The van der Waals surface area contributed by atoms with Crippen LogP contribution >= 0.6 is 11.6 Å². The predicted octanol–water partition coefficient (Wildman–Crippen LogP) is 2.54. The number of nitrogens with one attached hydrogen (secondary N) is 1. The molecular weight excluding hydrogens is 338 g/mol. The van der Waals surface area contributed by atoms with E-state index in [1.165, 1.54) is 25.1 Å². The van der Waals surface area contributed by atoms with Crippen molar-refractivity contribution in [3.05, 3.63) is 28.8 Å². The second kappa shape index (κ2) is 4.36. The fourth-order valence-electron chi connectivity index (χ4n) is 4.26. The van der Waals surface area contributed by atoms with Crippen molar-refractivity contribution < 1.29 is 18.0 Å². The highest BCUT2D eigenvalue weighted by molar-refractivity contribution is 7.90. The Hall–Kier alpha value is -1.40. The third-order valence-electron chi connectivity index (χ3n) is 5.72. The zero-order valence-corrected chi connectivity index (χ0v) is 14.1. The summed E-state index contributed by atoms with van der Waals surface area (Å²) in [6, 6.07) is 4.04. The van der Waals surface area contributed by atoms with Gasteiger partial charge < -0.3 is 0 Å². The standard InChI is InChI=1S/C16H16ClNO4S/c1-9(19)10-2-3-11(17)12(8-10)23(21,22)18-14(20)13-15(4-5-15)16(13)6-7-16/h2-3,8,13H,4-7H2,1H3,(H,18,20). The smallest absolute Gasteiger partial charge is 0.265 e. The molecule has 3 aliphatic rings. The highest BCUT2D eigenvalue weighted by Crippen LogP contribution is 2.92. The van der Waals surface area contributed by atoms with E-state index in [9.17, 15) is 18.0 Å². The molecule has 3 saturated carbocycles. The minimum absolute atomic E-state index is 0.00614. The first-order chi connectivity index (χ1) is 10.7. The molecule has 0 aromatic heterocycles. The monoisotopic (exact) mass is 353 g/mol. The molecule has 122 valence electrons. The summed E-state index contributed by atoms with van der Waals surface area (Å²) >= 11 is 5.96. The first-order valence-corrected chi connectivity index (χ1v) is 9.47. The summed E-state index contributed by atoms with van der Waals surface area (Å²) in [5.41, 5.74) is 0.404. The van der Waals surface area contributed by atoms with E-state index in [0.717, 1.165) is 25.7 Å². The van der Waals surface area contributed by atoms with E-state index in [2.05, 4.69) is 4.72 Å². The van der Waals surface area contributed by atoms with Gasteiger partial charge in [-0.3, -0.25) is 9.59 Å². The van der Waals surface area contributed by atoms with Crippen molar-refractivity contribution in [2.75, 3.05) is 0 Å². The van der Waals surface area contributed by atoms with Crippen LogP contribution in [-0.4, -0.2) is 20.1 Å². The first kappa shape index (κ1) is 15.1. The zero-order valence-electron chi connectivity index (χ0n) is 12.6. The van der Waals surface area contributed by atoms with Crippen LogP contribution in [0.4, 0.5) is 0 Å². The normalized spacial score (nSPS) is 22.9. The molecule has 5 nitrogen and oxygen atoms in total. The summed E-state index contributed by atoms with van der Waals surface area (Å²) in [6.45, 7) is 1.34. The Labute approximate surface area is 139 Å². The van der Waals surface area contributed by atoms with Crippen LogP contribution in [0.15, 0.2) is 23.1 Å². The van der Waals surface area contributed by atoms with Gasteiger partial charge in [-0.1, -0.05) is 11.6 Å². The van der Waals surface area contributed by atoms with Crippen LogP contribution in [0.3, 0.4) is 0 Å². The zero-order chi connectivity index (χ0) is 16.6. The van der Waals surface area contributed by atoms with Crippen LogP contribution in [-0.2, 0) is 14.8 Å².